The van der Waals surface area contributed by atoms with Crippen molar-refractivity contribution in [2.24, 2.45) is 0 Å². The highest BCUT2D eigenvalue weighted by Gasteiger charge is 2.23. The quantitative estimate of drug-likeness (QED) is 0.405. The fraction of sp³-hybridized carbons (Fsp3) is 0.320. The van der Waals surface area contributed by atoms with Gasteiger partial charge in [0.2, 0.25) is 0 Å². The summed E-state index contributed by atoms with van der Waals surface area (Å²) >= 11 is 1.55. The summed E-state index contributed by atoms with van der Waals surface area (Å²) in [7, 11) is 1.63. The van der Waals surface area contributed by atoms with Crippen molar-refractivity contribution >= 4 is 28.1 Å². The Morgan fingerprint density at radius 2 is 2.06 bits per heavy atom. The second-order valence-electron chi connectivity index (χ2n) is 8.22. The number of benzene rings is 1. The molecule has 0 aliphatic carbocycles. The first-order valence-electron chi connectivity index (χ1n) is 11.3. The van der Waals surface area contributed by atoms with Crippen molar-refractivity contribution in [1.29, 1.82) is 0 Å². The summed E-state index contributed by atoms with van der Waals surface area (Å²) in [6, 6.07) is 13.6. The van der Waals surface area contributed by atoms with E-state index in [4.69, 9.17) is 14.0 Å². The number of hydrogen-bond donors (Lipinski definition) is 1. The van der Waals surface area contributed by atoms with E-state index in [1.165, 1.54) is 0 Å². The molecule has 34 heavy (non-hydrogen) atoms. The van der Waals surface area contributed by atoms with Crippen LogP contribution in [0.25, 0.3) is 21.5 Å². The molecule has 0 spiro atoms. The lowest BCUT2D eigenvalue weighted by atomic mass is 10.0. The number of rotatable bonds is 8. The molecule has 1 saturated heterocycles. The molecule has 1 aliphatic rings. The van der Waals surface area contributed by atoms with Crippen molar-refractivity contribution in [3.8, 4) is 22.1 Å². The average molecular weight is 479 g/mol. The number of likely N-dealkylation sites (tertiary alicyclic amines) is 1. The molecule has 1 fully saturated rings. The van der Waals surface area contributed by atoms with E-state index in [2.05, 4.69) is 20.4 Å². The summed E-state index contributed by atoms with van der Waals surface area (Å²) < 4.78 is 16.5. The topological polar surface area (TPSA) is 89.7 Å². The zero-order valence-electron chi connectivity index (χ0n) is 18.9. The van der Waals surface area contributed by atoms with Crippen LogP contribution in [-0.4, -0.2) is 60.3 Å². The Bertz CT molecular complexity index is 1250. The summed E-state index contributed by atoms with van der Waals surface area (Å²) in [5, 5.41) is 9.98. The van der Waals surface area contributed by atoms with Gasteiger partial charge in [0.25, 0.3) is 5.91 Å². The minimum atomic E-state index is -0.184. The molecule has 0 atom stereocenters. The Kier molecular flexibility index (Phi) is 6.73. The average Bonchev–Trinajstić information content (AvgIpc) is 3.57. The minimum Gasteiger partial charge on any atom is -0.495 e. The molecule has 0 radical (unpaired) electrons. The summed E-state index contributed by atoms with van der Waals surface area (Å²) in [4.78, 5) is 20.3. The number of fused-ring (bicyclic) bond motifs is 1. The highest BCUT2D eigenvalue weighted by molar-refractivity contribution is 7.13. The summed E-state index contributed by atoms with van der Waals surface area (Å²) in [5.41, 5.74) is 1.23. The fourth-order valence-corrected chi connectivity index (χ4v) is 4.73. The van der Waals surface area contributed by atoms with Gasteiger partial charge in [0.05, 0.1) is 23.7 Å². The lowest BCUT2D eigenvalue weighted by molar-refractivity contribution is 0.0896. The predicted molar refractivity (Wildman–Crippen MR) is 131 cm³/mol. The van der Waals surface area contributed by atoms with Gasteiger partial charge in [-0.15, -0.1) is 11.3 Å². The fourth-order valence-electron chi connectivity index (χ4n) is 4.06. The Hall–Kier alpha value is -3.43. The van der Waals surface area contributed by atoms with Crippen molar-refractivity contribution < 1.29 is 18.8 Å². The van der Waals surface area contributed by atoms with Crippen LogP contribution in [0.3, 0.4) is 0 Å². The number of nitrogens with one attached hydrogen (secondary N) is 1. The van der Waals surface area contributed by atoms with Gasteiger partial charge < -0.3 is 19.3 Å². The Balaban J connectivity index is 1.06. The van der Waals surface area contributed by atoms with E-state index in [0.717, 1.165) is 59.8 Å². The number of piperidine rings is 1. The molecule has 4 heterocycles. The number of hydrogen-bond acceptors (Lipinski definition) is 8. The second kappa shape index (κ2) is 10.2. The maximum Gasteiger partial charge on any atom is 0.273 e. The molecule has 0 bridgehead atoms. The Morgan fingerprint density at radius 1 is 1.21 bits per heavy atom. The van der Waals surface area contributed by atoms with Crippen LogP contribution in [0.2, 0.25) is 0 Å². The maximum absolute atomic E-state index is 12.6. The van der Waals surface area contributed by atoms with Crippen molar-refractivity contribution in [2.45, 2.75) is 18.9 Å². The molecule has 3 aromatic heterocycles. The van der Waals surface area contributed by atoms with Gasteiger partial charge in [-0.1, -0.05) is 11.2 Å². The molecule has 0 saturated carbocycles. The van der Waals surface area contributed by atoms with Gasteiger partial charge in [-0.25, -0.2) is 0 Å². The standard InChI is InChI=1S/C25H26N4O4S/c1-31-20-14-17-13-19(4-5-21(17)26-16-20)32-11-10-29-8-6-18(7-9-29)27-25(30)22-15-23(33-28-22)24-3-2-12-34-24/h2-5,12-16,18H,6-11H2,1H3,(H,27,30). The summed E-state index contributed by atoms with van der Waals surface area (Å²) in [5.74, 6) is 1.98. The van der Waals surface area contributed by atoms with Crippen LogP contribution in [0.5, 0.6) is 11.5 Å². The molecule has 1 amide bonds. The normalized spacial score (nSPS) is 14.9. The third-order valence-electron chi connectivity index (χ3n) is 5.97. The smallest absolute Gasteiger partial charge is 0.273 e. The number of nitrogens with zero attached hydrogens (tertiary/aromatic N) is 3. The molecule has 1 aliphatic heterocycles. The molecule has 1 N–H and O–H groups in total. The first-order valence-corrected chi connectivity index (χ1v) is 12.2. The predicted octanol–water partition coefficient (Wildman–Crippen LogP) is 4.23. The minimum absolute atomic E-state index is 0.134. The highest BCUT2D eigenvalue weighted by Crippen LogP contribution is 2.25. The molecule has 1 aromatic carbocycles. The lowest BCUT2D eigenvalue weighted by Gasteiger charge is -2.32. The molecule has 0 unspecified atom stereocenters. The zero-order valence-corrected chi connectivity index (χ0v) is 19.7. The zero-order chi connectivity index (χ0) is 23.3. The summed E-state index contributed by atoms with van der Waals surface area (Å²) in [6.07, 6.45) is 3.49. The van der Waals surface area contributed by atoms with Crippen LogP contribution in [0, 0.1) is 0 Å². The van der Waals surface area contributed by atoms with Crippen LogP contribution < -0.4 is 14.8 Å². The van der Waals surface area contributed by atoms with Crippen LogP contribution in [0.4, 0.5) is 0 Å². The Morgan fingerprint density at radius 3 is 2.85 bits per heavy atom. The molecule has 8 nitrogen and oxygen atoms in total. The van der Waals surface area contributed by atoms with E-state index >= 15 is 0 Å². The number of thiophene rings is 1. The third-order valence-corrected chi connectivity index (χ3v) is 6.85. The van der Waals surface area contributed by atoms with E-state index in [-0.39, 0.29) is 11.9 Å². The Labute approximate surface area is 201 Å². The van der Waals surface area contributed by atoms with E-state index in [1.807, 2.05) is 41.8 Å². The third kappa shape index (κ3) is 5.21. The summed E-state index contributed by atoms with van der Waals surface area (Å²) in [6.45, 7) is 3.26. The number of aromatic nitrogens is 2. The van der Waals surface area contributed by atoms with Gasteiger partial charge in [-0.3, -0.25) is 14.7 Å². The maximum atomic E-state index is 12.6. The van der Waals surface area contributed by atoms with E-state index in [0.29, 0.717) is 18.1 Å². The monoisotopic (exact) mass is 478 g/mol. The van der Waals surface area contributed by atoms with E-state index in [9.17, 15) is 4.79 Å². The van der Waals surface area contributed by atoms with Crippen molar-refractivity contribution in [1.82, 2.24) is 20.4 Å². The van der Waals surface area contributed by atoms with Crippen LogP contribution in [0.15, 0.2) is 58.6 Å². The lowest BCUT2D eigenvalue weighted by Crippen LogP contribution is -2.45. The van der Waals surface area contributed by atoms with E-state index in [1.54, 1.807) is 30.7 Å². The van der Waals surface area contributed by atoms with Crippen LogP contribution in [0.1, 0.15) is 23.3 Å². The van der Waals surface area contributed by atoms with Gasteiger partial charge in [-0.2, -0.15) is 0 Å². The largest absolute Gasteiger partial charge is 0.495 e. The van der Waals surface area contributed by atoms with Gasteiger partial charge in [0.15, 0.2) is 11.5 Å². The number of carbonyl (C=O) groups is 1. The molecular formula is C25H26N4O4S. The van der Waals surface area contributed by atoms with Crippen LogP contribution >= 0.6 is 11.3 Å². The molecule has 4 aromatic rings. The SMILES string of the molecule is COc1cnc2ccc(OCCN3CCC(NC(=O)c4cc(-c5cccs5)on4)CC3)cc2c1. The second-order valence-corrected chi connectivity index (χ2v) is 9.17. The van der Waals surface area contributed by atoms with Crippen molar-refractivity contribution in [3.63, 3.8) is 0 Å². The first-order chi connectivity index (χ1) is 16.7. The number of pyridine rings is 1. The van der Waals surface area contributed by atoms with E-state index < -0.39 is 0 Å². The number of ether oxygens (including phenoxy) is 2. The number of amides is 1. The number of carbonyl (C=O) groups excluding carboxylic acids is 1. The molecule has 176 valence electrons. The van der Waals surface area contributed by atoms with Gasteiger partial charge in [0, 0.05) is 37.1 Å². The molecule has 5 rings (SSSR count). The first kappa shape index (κ1) is 22.4. The molecule has 9 heteroatoms. The van der Waals surface area contributed by atoms with Crippen molar-refractivity contribution in [3.05, 3.63) is 59.7 Å². The van der Waals surface area contributed by atoms with Gasteiger partial charge >= 0.3 is 0 Å². The molecular weight excluding hydrogens is 452 g/mol. The van der Waals surface area contributed by atoms with Crippen molar-refractivity contribution in [2.75, 3.05) is 33.4 Å². The van der Waals surface area contributed by atoms with Gasteiger partial charge in [0.1, 0.15) is 18.1 Å². The highest BCUT2D eigenvalue weighted by atomic mass is 32.1. The van der Waals surface area contributed by atoms with Crippen LogP contribution in [-0.2, 0) is 0 Å². The number of methoxy groups -OCH3 is 1. The van der Waals surface area contributed by atoms with Gasteiger partial charge in [-0.05, 0) is 48.6 Å².